The summed E-state index contributed by atoms with van der Waals surface area (Å²) in [5.41, 5.74) is -0.313. The first-order valence-electron chi connectivity index (χ1n) is 6.08. The van der Waals surface area contributed by atoms with Gasteiger partial charge in [-0.2, -0.15) is 0 Å². The minimum Gasteiger partial charge on any atom is -0.376 e. The Bertz CT molecular complexity index is 563. The second kappa shape index (κ2) is 6.79. The fourth-order valence-corrected chi connectivity index (χ4v) is 1.98. The van der Waals surface area contributed by atoms with Gasteiger partial charge in [0.1, 0.15) is 5.82 Å². The van der Waals surface area contributed by atoms with Gasteiger partial charge >= 0.3 is 0 Å². The molecule has 0 radical (unpaired) electrons. The Morgan fingerprint density at radius 2 is 2.29 bits per heavy atom. The molecule has 1 aliphatic rings. The first-order valence-corrected chi connectivity index (χ1v) is 6.46. The van der Waals surface area contributed by atoms with Crippen molar-refractivity contribution in [2.45, 2.75) is 12.6 Å². The van der Waals surface area contributed by atoms with Gasteiger partial charge in [-0.25, -0.2) is 4.39 Å². The van der Waals surface area contributed by atoms with Gasteiger partial charge in [0.25, 0.3) is 11.6 Å². The summed E-state index contributed by atoms with van der Waals surface area (Å²) in [5.74, 6) is -1.33. The van der Waals surface area contributed by atoms with E-state index < -0.39 is 33.5 Å². The number of rotatable bonds is 4. The van der Waals surface area contributed by atoms with Crippen LogP contribution in [0.5, 0.6) is 0 Å². The minimum absolute atomic E-state index is 0.0758. The van der Waals surface area contributed by atoms with Gasteiger partial charge in [0.2, 0.25) is 0 Å². The Labute approximate surface area is 124 Å². The molecule has 114 valence electrons. The number of nitrogens with zero attached hydrogens (tertiary/aromatic N) is 1. The van der Waals surface area contributed by atoms with E-state index in [9.17, 15) is 19.3 Å². The van der Waals surface area contributed by atoms with Gasteiger partial charge < -0.3 is 14.8 Å². The van der Waals surface area contributed by atoms with Gasteiger partial charge in [0.05, 0.1) is 24.7 Å². The van der Waals surface area contributed by atoms with Crippen molar-refractivity contribution >= 4 is 23.2 Å². The van der Waals surface area contributed by atoms with E-state index >= 15 is 0 Å². The van der Waals surface area contributed by atoms with Crippen LogP contribution in [0, 0.1) is 15.9 Å². The summed E-state index contributed by atoms with van der Waals surface area (Å²) in [6.45, 7) is 0.812. The summed E-state index contributed by atoms with van der Waals surface area (Å²) >= 11 is 5.50. The van der Waals surface area contributed by atoms with Crippen LogP contribution in [0.25, 0.3) is 0 Å². The molecule has 1 unspecified atom stereocenters. The second-order valence-corrected chi connectivity index (χ2v) is 4.70. The van der Waals surface area contributed by atoms with E-state index in [4.69, 9.17) is 21.1 Å². The third-order valence-corrected chi connectivity index (χ3v) is 3.21. The molecule has 0 saturated carbocycles. The molecule has 9 heteroatoms. The third-order valence-electron chi connectivity index (χ3n) is 2.84. The molecular weight excluding hydrogens is 307 g/mol. The van der Waals surface area contributed by atoms with Crippen molar-refractivity contribution in [3.8, 4) is 0 Å². The van der Waals surface area contributed by atoms with Crippen LogP contribution < -0.4 is 5.32 Å². The number of carbonyl (C=O) groups excluding carboxylic acids is 1. The molecule has 2 rings (SSSR count). The van der Waals surface area contributed by atoms with E-state index in [0.29, 0.717) is 13.2 Å². The van der Waals surface area contributed by atoms with Crippen molar-refractivity contribution in [1.29, 1.82) is 0 Å². The lowest BCUT2D eigenvalue weighted by Gasteiger charge is -2.22. The molecule has 1 aliphatic heterocycles. The van der Waals surface area contributed by atoms with E-state index in [1.54, 1.807) is 0 Å². The smallest absolute Gasteiger partial charge is 0.291 e. The maximum atomic E-state index is 13.5. The van der Waals surface area contributed by atoms with E-state index in [1.807, 2.05) is 0 Å². The molecule has 1 aromatic rings. The number of amides is 1. The number of nitro benzene ring substituents is 1. The summed E-state index contributed by atoms with van der Waals surface area (Å²) in [5, 5.41) is 12.7. The Balaban J connectivity index is 2.02. The number of halogens is 2. The van der Waals surface area contributed by atoms with Gasteiger partial charge in [-0.05, 0) is 11.6 Å². The molecule has 0 bridgehead atoms. The van der Waals surface area contributed by atoms with E-state index in [1.165, 1.54) is 0 Å². The zero-order valence-electron chi connectivity index (χ0n) is 10.8. The normalized spacial score (nSPS) is 18.3. The fourth-order valence-electron chi connectivity index (χ4n) is 1.81. The number of hydrogen-bond acceptors (Lipinski definition) is 5. The predicted molar refractivity (Wildman–Crippen MR) is 70.5 cm³/mol. The maximum Gasteiger partial charge on any atom is 0.291 e. The standard InChI is InChI=1S/C12H12ClFN2O5/c13-11-8(14)3-7(4-9(11)16(18)19)5-15-12(17)10-6-20-1-2-21-10/h3-4,10H,1-2,5-6H2,(H,15,17). The van der Waals surface area contributed by atoms with Crippen LogP contribution >= 0.6 is 11.6 Å². The number of nitro groups is 1. The lowest BCUT2D eigenvalue weighted by Crippen LogP contribution is -2.42. The van der Waals surface area contributed by atoms with Crippen molar-refractivity contribution < 1.29 is 23.6 Å². The molecule has 1 atom stereocenters. The van der Waals surface area contributed by atoms with E-state index in [-0.39, 0.29) is 18.7 Å². The van der Waals surface area contributed by atoms with Gasteiger partial charge in [-0.15, -0.1) is 0 Å². The predicted octanol–water partition coefficient (Wildman–Crippen LogP) is 1.42. The highest BCUT2D eigenvalue weighted by Crippen LogP contribution is 2.28. The molecule has 0 spiro atoms. The number of nitrogens with one attached hydrogen (secondary N) is 1. The number of ether oxygens (including phenoxy) is 2. The summed E-state index contributed by atoms with van der Waals surface area (Å²) in [6, 6.07) is 2.15. The molecule has 21 heavy (non-hydrogen) atoms. The first kappa shape index (κ1) is 15.6. The fraction of sp³-hybridized carbons (Fsp3) is 0.417. The Hall–Kier alpha value is -1.77. The molecule has 7 nitrogen and oxygen atoms in total. The number of carbonyl (C=O) groups is 1. The van der Waals surface area contributed by atoms with Crippen LogP contribution in [-0.2, 0) is 20.8 Å². The Kier molecular flexibility index (Phi) is 5.05. The molecule has 1 amide bonds. The molecule has 1 aromatic carbocycles. The number of hydrogen-bond donors (Lipinski definition) is 1. The molecule has 1 saturated heterocycles. The molecule has 1 fully saturated rings. The summed E-state index contributed by atoms with van der Waals surface area (Å²) in [6.07, 6.45) is -0.731. The van der Waals surface area contributed by atoms with Crippen molar-refractivity contribution in [1.82, 2.24) is 5.32 Å². The first-order chi connectivity index (χ1) is 9.99. The topological polar surface area (TPSA) is 90.7 Å². The van der Waals surface area contributed by atoms with Crippen molar-refractivity contribution in [3.05, 3.63) is 38.7 Å². The highest BCUT2D eigenvalue weighted by molar-refractivity contribution is 6.32. The summed E-state index contributed by atoms with van der Waals surface area (Å²) < 4.78 is 23.8. The van der Waals surface area contributed by atoms with Crippen LogP contribution in [0.1, 0.15) is 5.56 Å². The van der Waals surface area contributed by atoms with Crippen molar-refractivity contribution in [2.75, 3.05) is 19.8 Å². The largest absolute Gasteiger partial charge is 0.376 e. The monoisotopic (exact) mass is 318 g/mol. The lowest BCUT2D eigenvalue weighted by atomic mass is 10.2. The SMILES string of the molecule is O=C(NCc1cc(F)c(Cl)c([N+](=O)[O-])c1)C1COCCO1. The van der Waals surface area contributed by atoms with Crippen LogP contribution in [0.3, 0.4) is 0 Å². The van der Waals surface area contributed by atoms with Crippen molar-refractivity contribution in [2.24, 2.45) is 0 Å². The van der Waals surface area contributed by atoms with Gasteiger partial charge in [-0.3, -0.25) is 14.9 Å². The van der Waals surface area contributed by atoms with Gasteiger partial charge in [-0.1, -0.05) is 11.6 Å². The van der Waals surface area contributed by atoms with Crippen LogP contribution in [0.15, 0.2) is 12.1 Å². The summed E-state index contributed by atoms with van der Waals surface area (Å²) in [7, 11) is 0. The van der Waals surface area contributed by atoms with Crippen LogP contribution in [0.2, 0.25) is 5.02 Å². The highest BCUT2D eigenvalue weighted by atomic mass is 35.5. The zero-order chi connectivity index (χ0) is 15.4. The quantitative estimate of drug-likeness (QED) is 0.669. The van der Waals surface area contributed by atoms with E-state index in [0.717, 1.165) is 12.1 Å². The molecule has 0 aromatic heterocycles. The molecular formula is C12H12ClFN2O5. The average molecular weight is 319 g/mol. The van der Waals surface area contributed by atoms with Crippen molar-refractivity contribution in [3.63, 3.8) is 0 Å². The highest BCUT2D eigenvalue weighted by Gasteiger charge is 2.23. The maximum absolute atomic E-state index is 13.5. The second-order valence-electron chi connectivity index (χ2n) is 4.32. The lowest BCUT2D eigenvalue weighted by molar-refractivity contribution is -0.384. The molecule has 1 heterocycles. The van der Waals surface area contributed by atoms with E-state index in [2.05, 4.69) is 5.32 Å². The van der Waals surface area contributed by atoms with Gasteiger partial charge in [0, 0.05) is 12.6 Å². The molecule has 1 N–H and O–H groups in total. The zero-order valence-corrected chi connectivity index (χ0v) is 11.6. The molecule has 0 aliphatic carbocycles. The van der Waals surface area contributed by atoms with Gasteiger partial charge in [0.15, 0.2) is 11.1 Å². The van der Waals surface area contributed by atoms with Crippen LogP contribution in [0.4, 0.5) is 10.1 Å². The Morgan fingerprint density at radius 1 is 1.52 bits per heavy atom. The van der Waals surface area contributed by atoms with Crippen LogP contribution in [-0.4, -0.2) is 36.8 Å². The number of benzene rings is 1. The third kappa shape index (κ3) is 3.87. The summed E-state index contributed by atoms with van der Waals surface area (Å²) in [4.78, 5) is 21.7. The Morgan fingerprint density at radius 3 is 2.90 bits per heavy atom. The minimum atomic E-state index is -0.910. The average Bonchev–Trinajstić information content (AvgIpc) is 2.48.